The summed E-state index contributed by atoms with van der Waals surface area (Å²) in [6.07, 6.45) is 2.01. The van der Waals surface area contributed by atoms with E-state index in [0.29, 0.717) is 17.8 Å². The van der Waals surface area contributed by atoms with Crippen LogP contribution in [0.25, 0.3) is 0 Å². The van der Waals surface area contributed by atoms with Crippen LogP contribution >= 0.6 is 0 Å². The van der Waals surface area contributed by atoms with Crippen molar-refractivity contribution in [3.8, 4) is 0 Å². The van der Waals surface area contributed by atoms with Crippen molar-refractivity contribution in [1.29, 1.82) is 0 Å². The van der Waals surface area contributed by atoms with Crippen molar-refractivity contribution in [3.63, 3.8) is 0 Å². The molecule has 2 rings (SSSR count). The fourth-order valence-electron chi connectivity index (χ4n) is 2.38. The Balaban J connectivity index is 1.86. The first kappa shape index (κ1) is 18.5. The minimum Gasteiger partial charge on any atom is -0.365 e. The van der Waals surface area contributed by atoms with Crippen LogP contribution < -0.4 is 15.5 Å². The van der Waals surface area contributed by atoms with Crippen molar-refractivity contribution in [2.24, 2.45) is 0 Å². The van der Waals surface area contributed by atoms with E-state index in [1.165, 1.54) is 0 Å². The highest BCUT2D eigenvalue weighted by Gasteiger charge is 2.09. The van der Waals surface area contributed by atoms with Gasteiger partial charge in [-0.1, -0.05) is 31.5 Å². The molecule has 0 atom stereocenters. The van der Waals surface area contributed by atoms with Gasteiger partial charge in [-0.25, -0.2) is 0 Å². The fourth-order valence-corrected chi connectivity index (χ4v) is 2.38. The molecular weight excluding hydrogens is 314 g/mol. The first-order valence-corrected chi connectivity index (χ1v) is 8.54. The Kier molecular flexibility index (Phi) is 7.01. The fraction of sp³-hybridized carbons (Fsp3) is 0.300. The summed E-state index contributed by atoms with van der Waals surface area (Å²) in [4.78, 5) is 26.0. The summed E-state index contributed by atoms with van der Waals surface area (Å²) in [5, 5.41) is 5.72. The lowest BCUT2D eigenvalue weighted by atomic mass is 10.2. The van der Waals surface area contributed by atoms with E-state index in [9.17, 15) is 9.59 Å². The normalized spacial score (nSPS) is 10.2. The van der Waals surface area contributed by atoms with E-state index in [0.717, 1.165) is 18.5 Å². The zero-order valence-corrected chi connectivity index (χ0v) is 14.8. The summed E-state index contributed by atoms with van der Waals surface area (Å²) in [6, 6.07) is 16.7. The second-order valence-corrected chi connectivity index (χ2v) is 5.93. The maximum absolute atomic E-state index is 12.2. The Bertz CT molecular complexity index is 684. The van der Waals surface area contributed by atoms with Crippen LogP contribution in [0.5, 0.6) is 0 Å². The molecule has 2 aromatic carbocycles. The number of unbranched alkanes of at least 4 members (excludes halogenated alkanes) is 1. The number of likely N-dealkylation sites (N-methyl/N-ethyl adjacent to an activating group) is 1. The molecule has 0 saturated heterocycles. The van der Waals surface area contributed by atoms with E-state index in [1.54, 1.807) is 24.3 Å². The van der Waals surface area contributed by atoms with E-state index < -0.39 is 0 Å². The maximum atomic E-state index is 12.2. The predicted octanol–water partition coefficient (Wildman–Crippen LogP) is 3.29. The topological polar surface area (TPSA) is 61.4 Å². The number of carbonyl (C=O) groups is 2. The molecule has 5 heteroatoms. The molecule has 0 saturated carbocycles. The standard InChI is InChI=1S/C20H25N3O2/c1-3-4-14-21-20(25)16-10-12-17(13-11-16)22-19(24)15-23(2)18-8-6-5-7-9-18/h5-13H,3-4,14-15H2,1-2H3,(H,21,25)(H,22,24). The zero-order chi connectivity index (χ0) is 18.1. The van der Waals surface area contributed by atoms with Crippen molar-refractivity contribution in [2.45, 2.75) is 19.8 Å². The number of nitrogens with one attached hydrogen (secondary N) is 2. The monoisotopic (exact) mass is 339 g/mol. The molecule has 0 unspecified atom stereocenters. The van der Waals surface area contributed by atoms with Crippen LogP contribution in [-0.2, 0) is 4.79 Å². The smallest absolute Gasteiger partial charge is 0.251 e. The lowest BCUT2D eigenvalue weighted by molar-refractivity contribution is -0.114. The van der Waals surface area contributed by atoms with Crippen LogP contribution in [0.15, 0.2) is 54.6 Å². The summed E-state index contributed by atoms with van der Waals surface area (Å²) in [5.74, 6) is -0.193. The first-order valence-electron chi connectivity index (χ1n) is 8.54. The number of anilines is 2. The molecule has 0 radical (unpaired) electrons. The number of hydrogen-bond donors (Lipinski definition) is 2. The molecule has 0 bridgehead atoms. The quantitative estimate of drug-likeness (QED) is 0.726. The average Bonchev–Trinajstić information content (AvgIpc) is 2.63. The van der Waals surface area contributed by atoms with Crippen LogP contribution in [0.3, 0.4) is 0 Å². The minimum atomic E-state index is -0.105. The first-order chi connectivity index (χ1) is 12.1. The molecule has 5 nitrogen and oxygen atoms in total. The van der Waals surface area contributed by atoms with Gasteiger partial charge in [0.25, 0.3) is 5.91 Å². The van der Waals surface area contributed by atoms with Gasteiger partial charge in [0, 0.05) is 30.5 Å². The highest BCUT2D eigenvalue weighted by Crippen LogP contribution is 2.12. The molecule has 132 valence electrons. The molecule has 0 aromatic heterocycles. The van der Waals surface area contributed by atoms with E-state index in [-0.39, 0.29) is 18.4 Å². The highest BCUT2D eigenvalue weighted by atomic mass is 16.2. The Morgan fingerprint density at radius 3 is 2.32 bits per heavy atom. The molecule has 0 heterocycles. The van der Waals surface area contributed by atoms with E-state index in [2.05, 4.69) is 17.6 Å². The lowest BCUT2D eigenvalue weighted by Gasteiger charge is -2.18. The number of rotatable bonds is 8. The molecule has 0 aliphatic rings. The summed E-state index contributed by atoms with van der Waals surface area (Å²) in [5.41, 5.74) is 2.25. The van der Waals surface area contributed by atoms with E-state index in [4.69, 9.17) is 0 Å². The number of amides is 2. The summed E-state index contributed by atoms with van der Waals surface area (Å²) in [7, 11) is 1.87. The Labute approximate surface area is 149 Å². The SMILES string of the molecule is CCCCNC(=O)c1ccc(NC(=O)CN(C)c2ccccc2)cc1. The highest BCUT2D eigenvalue weighted by molar-refractivity contribution is 5.96. The Morgan fingerprint density at radius 1 is 1.00 bits per heavy atom. The van der Waals surface area contributed by atoms with Crippen molar-refractivity contribution < 1.29 is 9.59 Å². The number of carbonyl (C=O) groups excluding carboxylic acids is 2. The van der Waals surface area contributed by atoms with Gasteiger partial charge in [-0.3, -0.25) is 9.59 Å². The molecule has 0 aliphatic carbocycles. The number of benzene rings is 2. The second kappa shape index (κ2) is 9.47. The molecule has 25 heavy (non-hydrogen) atoms. The zero-order valence-electron chi connectivity index (χ0n) is 14.8. The van der Waals surface area contributed by atoms with E-state index >= 15 is 0 Å². The maximum Gasteiger partial charge on any atom is 0.251 e. The molecule has 0 aliphatic heterocycles. The van der Waals surface area contributed by atoms with Gasteiger partial charge in [-0.05, 0) is 42.8 Å². The molecule has 2 amide bonds. The Morgan fingerprint density at radius 2 is 1.68 bits per heavy atom. The minimum absolute atomic E-state index is 0.0878. The van der Waals surface area contributed by atoms with Crippen molar-refractivity contribution in [1.82, 2.24) is 5.32 Å². The van der Waals surface area contributed by atoms with Gasteiger partial charge in [0.1, 0.15) is 0 Å². The van der Waals surface area contributed by atoms with E-state index in [1.807, 2.05) is 42.3 Å². The van der Waals surface area contributed by atoms with Gasteiger partial charge < -0.3 is 15.5 Å². The van der Waals surface area contributed by atoms with Crippen LogP contribution in [0, 0.1) is 0 Å². The van der Waals surface area contributed by atoms with Gasteiger partial charge in [0.05, 0.1) is 6.54 Å². The molecule has 0 spiro atoms. The number of nitrogens with zero attached hydrogens (tertiary/aromatic N) is 1. The van der Waals surface area contributed by atoms with Crippen molar-refractivity contribution in [2.75, 3.05) is 30.4 Å². The predicted molar refractivity (Wildman–Crippen MR) is 102 cm³/mol. The molecule has 2 aromatic rings. The summed E-state index contributed by atoms with van der Waals surface area (Å²) >= 11 is 0. The Hall–Kier alpha value is -2.82. The van der Waals surface area contributed by atoms with Crippen LogP contribution in [0.2, 0.25) is 0 Å². The third-order valence-corrected chi connectivity index (χ3v) is 3.82. The van der Waals surface area contributed by atoms with Crippen LogP contribution in [0.1, 0.15) is 30.1 Å². The van der Waals surface area contributed by atoms with Gasteiger partial charge in [0.2, 0.25) is 5.91 Å². The summed E-state index contributed by atoms with van der Waals surface area (Å²) in [6.45, 7) is 3.02. The lowest BCUT2D eigenvalue weighted by Crippen LogP contribution is -2.30. The van der Waals surface area contributed by atoms with Gasteiger partial charge in [-0.15, -0.1) is 0 Å². The van der Waals surface area contributed by atoms with Gasteiger partial charge in [-0.2, -0.15) is 0 Å². The van der Waals surface area contributed by atoms with Gasteiger partial charge in [0.15, 0.2) is 0 Å². The van der Waals surface area contributed by atoms with Crippen molar-refractivity contribution >= 4 is 23.2 Å². The molecular formula is C20H25N3O2. The van der Waals surface area contributed by atoms with Crippen LogP contribution in [0.4, 0.5) is 11.4 Å². The molecule has 0 fully saturated rings. The van der Waals surface area contributed by atoms with Crippen molar-refractivity contribution in [3.05, 3.63) is 60.2 Å². The third kappa shape index (κ3) is 5.95. The molecule has 2 N–H and O–H groups in total. The second-order valence-electron chi connectivity index (χ2n) is 5.93. The van der Waals surface area contributed by atoms with Gasteiger partial charge >= 0.3 is 0 Å². The summed E-state index contributed by atoms with van der Waals surface area (Å²) < 4.78 is 0. The number of hydrogen-bond acceptors (Lipinski definition) is 3. The average molecular weight is 339 g/mol. The third-order valence-electron chi connectivity index (χ3n) is 3.82. The van der Waals surface area contributed by atoms with Crippen LogP contribution in [-0.4, -0.2) is 32.0 Å². The largest absolute Gasteiger partial charge is 0.365 e. The number of para-hydroxylation sites is 1.